The Morgan fingerprint density at radius 2 is 2.40 bits per heavy atom. The summed E-state index contributed by atoms with van der Waals surface area (Å²) >= 11 is 0. The average molecular weight is 132 g/mol. The molecular weight excluding hydrogens is 126 g/mol. The lowest BCUT2D eigenvalue weighted by Crippen LogP contribution is -1.91. The smallest absolute Gasteiger partial charge is 0.154 e. The van der Waals surface area contributed by atoms with Gasteiger partial charge < -0.3 is 0 Å². The van der Waals surface area contributed by atoms with Gasteiger partial charge in [0.1, 0.15) is 6.20 Å². The fourth-order valence-electron chi connectivity index (χ4n) is 0.850. The first kappa shape index (κ1) is 5.41. The lowest BCUT2D eigenvalue weighted by Gasteiger charge is -1.91. The van der Waals surface area contributed by atoms with Crippen LogP contribution >= 0.6 is 0 Å². The van der Waals surface area contributed by atoms with Crippen LogP contribution in [-0.4, -0.2) is 14.6 Å². The van der Waals surface area contributed by atoms with Crippen molar-refractivity contribution in [2.75, 3.05) is 0 Å². The summed E-state index contributed by atoms with van der Waals surface area (Å²) in [6, 6.07) is 3.84. The van der Waals surface area contributed by atoms with Gasteiger partial charge in [-0.2, -0.15) is 5.10 Å². The second-order valence-corrected chi connectivity index (χ2v) is 2.13. The van der Waals surface area contributed by atoms with E-state index in [9.17, 15) is 0 Å². The van der Waals surface area contributed by atoms with Gasteiger partial charge in [0.15, 0.2) is 5.65 Å². The molecule has 0 bridgehead atoms. The molecule has 3 heteroatoms. The van der Waals surface area contributed by atoms with E-state index in [1.165, 1.54) is 0 Å². The Morgan fingerprint density at radius 1 is 1.50 bits per heavy atom. The predicted octanol–water partition coefficient (Wildman–Crippen LogP) is 0.838. The van der Waals surface area contributed by atoms with Crippen LogP contribution in [0.4, 0.5) is 0 Å². The Morgan fingerprint density at radius 3 is 3.30 bits per heavy atom. The quantitative estimate of drug-likeness (QED) is 0.531. The standard InChI is InChI=1S/C7H6N3/c1-6-2-3-7-8-4-5-10(7)9-6/h2-4H,1H3. The van der Waals surface area contributed by atoms with Crippen LogP contribution in [0, 0.1) is 13.1 Å². The molecule has 0 spiro atoms. The molecule has 1 radical (unpaired) electrons. The molecule has 0 aliphatic heterocycles. The molecule has 0 amide bonds. The van der Waals surface area contributed by atoms with Crippen LogP contribution in [-0.2, 0) is 0 Å². The van der Waals surface area contributed by atoms with Gasteiger partial charge in [-0.3, -0.25) is 0 Å². The van der Waals surface area contributed by atoms with Crippen molar-refractivity contribution in [1.82, 2.24) is 14.6 Å². The van der Waals surface area contributed by atoms with Crippen LogP contribution in [0.5, 0.6) is 0 Å². The monoisotopic (exact) mass is 132 g/mol. The van der Waals surface area contributed by atoms with E-state index in [-0.39, 0.29) is 0 Å². The normalized spacial score (nSPS) is 10.5. The molecule has 0 aliphatic rings. The van der Waals surface area contributed by atoms with Crippen molar-refractivity contribution < 1.29 is 0 Å². The summed E-state index contributed by atoms with van der Waals surface area (Å²) in [5, 5.41) is 4.13. The van der Waals surface area contributed by atoms with Gasteiger partial charge in [-0.15, -0.1) is 0 Å². The van der Waals surface area contributed by atoms with Crippen molar-refractivity contribution in [3.8, 4) is 0 Å². The second-order valence-electron chi connectivity index (χ2n) is 2.13. The van der Waals surface area contributed by atoms with E-state index in [4.69, 9.17) is 0 Å². The highest BCUT2D eigenvalue weighted by Crippen LogP contribution is 1.97. The van der Waals surface area contributed by atoms with E-state index in [0.717, 1.165) is 11.3 Å². The zero-order valence-corrected chi connectivity index (χ0v) is 5.57. The number of hydrogen-bond acceptors (Lipinski definition) is 2. The molecule has 2 heterocycles. The Labute approximate surface area is 58.3 Å². The number of hydrogen-bond donors (Lipinski definition) is 0. The number of nitrogens with zero attached hydrogens (tertiary/aromatic N) is 3. The number of fused-ring (bicyclic) bond motifs is 1. The van der Waals surface area contributed by atoms with E-state index < -0.39 is 0 Å². The van der Waals surface area contributed by atoms with Crippen LogP contribution in [0.2, 0.25) is 0 Å². The minimum absolute atomic E-state index is 0.839. The zero-order chi connectivity index (χ0) is 6.97. The number of aromatic nitrogens is 3. The molecule has 0 saturated heterocycles. The Kier molecular flexibility index (Phi) is 0.974. The van der Waals surface area contributed by atoms with Crippen LogP contribution < -0.4 is 0 Å². The molecule has 0 atom stereocenters. The maximum absolute atomic E-state index is 4.13. The number of rotatable bonds is 0. The van der Waals surface area contributed by atoms with Crippen molar-refractivity contribution >= 4 is 5.65 Å². The third-order valence-corrected chi connectivity index (χ3v) is 1.33. The topological polar surface area (TPSA) is 30.2 Å². The van der Waals surface area contributed by atoms with Gasteiger partial charge in [-0.05, 0) is 19.1 Å². The highest BCUT2D eigenvalue weighted by atomic mass is 15.2. The van der Waals surface area contributed by atoms with Crippen LogP contribution in [0.15, 0.2) is 18.3 Å². The summed E-state index contributed by atoms with van der Waals surface area (Å²) in [6.07, 6.45) is 4.47. The van der Waals surface area contributed by atoms with Crippen LogP contribution in [0.25, 0.3) is 5.65 Å². The first-order valence-corrected chi connectivity index (χ1v) is 3.05. The minimum Gasteiger partial charge on any atom is -0.235 e. The Balaban J connectivity index is 2.86. The van der Waals surface area contributed by atoms with Crippen molar-refractivity contribution in [1.29, 1.82) is 0 Å². The van der Waals surface area contributed by atoms with Gasteiger partial charge >= 0.3 is 0 Å². The maximum Gasteiger partial charge on any atom is 0.154 e. The second kappa shape index (κ2) is 1.80. The summed E-state index contributed by atoms with van der Waals surface area (Å²) in [4.78, 5) is 4.00. The predicted molar refractivity (Wildman–Crippen MR) is 36.6 cm³/mol. The molecule has 0 unspecified atom stereocenters. The summed E-state index contributed by atoms with van der Waals surface area (Å²) < 4.78 is 1.63. The zero-order valence-electron chi connectivity index (χ0n) is 5.57. The minimum atomic E-state index is 0.839. The third-order valence-electron chi connectivity index (χ3n) is 1.33. The van der Waals surface area contributed by atoms with Gasteiger partial charge in [0.2, 0.25) is 0 Å². The summed E-state index contributed by atoms with van der Waals surface area (Å²) in [7, 11) is 0. The fraction of sp³-hybridized carbons (Fsp3) is 0.143. The lowest BCUT2D eigenvalue weighted by atomic mass is 10.4. The summed E-state index contributed by atoms with van der Waals surface area (Å²) in [6.45, 7) is 1.94. The van der Waals surface area contributed by atoms with Gasteiger partial charge in [-0.1, -0.05) is 0 Å². The highest BCUT2D eigenvalue weighted by molar-refractivity contribution is 5.35. The molecule has 0 aliphatic carbocycles. The molecule has 2 aromatic heterocycles. The average Bonchev–Trinajstić information content (AvgIpc) is 2.33. The van der Waals surface area contributed by atoms with E-state index in [2.05, 4.69) is 16.3 Å². The fourth-order valence-corrected chi connectivity index (χ4v) is 0.850. The first-order chi connectivity index (χ1) is 4.86. The van der Waals surface area contributed by atoms with Crippen molar-refractivity contribution in [2.45, 2.75) is 6.92 Å². The highest BCUT2D eigenvalue weighted by Gasteiger charge is 1.92. The van der Waals surface area contributed by atoms with E-state index in [0.29, 0.717) is 0 Å². The largest absolute Gasteiger partial charge is 0.235 e. The van der Waals surface area contributed by atoms with Crippen molar-refractivity contribution in [2.24, 2.45) is 0 Å². The molecule has 3 nitrogen and oxygen atoms in total. The Bertz CT molecular complexity index is 350. The molecule has 0 N–H and O–H groups in total. The van der Waals surface area contributed by atoms with Gasteiger partial charge in [-0.25, -0.2) is 9.50 Å². The first-order valence-electron chi connectivity index (χ1n) is 3.05. The van der Waals surface area contributed by atoms with Crippen molar-refractivity contribution in [3.63, 3.8) is 0 Å². The molecular formula is C7H6N3. The molecule has 2 rings (SSSR count). The Hall–Kier alpha value is -1.38. The molecule has 0 aromatic carbocycles. The molecule has 49 valence electrons. The molecule has 2 aromatic rings. The summed E-state index contributed by atoms with van der Waals surface area (Å²) in [5.74, 6) is 0. The number of imidazole rings is 1. The molecule has 0 saturated carbocycles. The lowest BCUT2D eigenvalue weighted by molar-refractivity contribution is 0.895. The maximum atomic E-state index is 4.13. The van der Waals surface area contributed by atoms with E-state index in [1.807, 2.05) is 19.1 Å². The van der Waals surface area contributed by atoms with Crippen LogP contribution in [0.1, 0.15) is 5.69 Å². The van der Waals surface area contributed by atoms with Gasteiger partial charge in [0, 0.05) is 0 Å². The molecule has 10 heavy (non-hydrogen) atoms. The summed E-state index contributed by atoms with van der Waals surface area (Å²) in [5.41, 5.74) is 1.81. The molecule has 0 fully saturated rings. The number of aryl methyl sites for hydroxylation is 1. The third kappa shape index (κ3) is 0.673. The van der Waals surface area contributed by atoms with Crippen molar-refractivity contribution in [3.05, 3.63) is 30.2 Å². The van der Waals surface area contributed by atoms with Crippen LogP contribution in [0.3, 0.4) is 0 Å². The van der Waals surface area contributed by atoms with Gasteiger partial charge in [0.25, 0.3) is 0 Å². The van der Waals surface area contributed by atoms with Gasteiger partial charge in [0.05, 0.1) is 11.9 Å². The van der Waals surface area contributed by atoms with E-state index >= 15 is 0 Å². The van der Waals surface area contributed by atoms with E-state index in [1.54, 1.807) is 10.7 Å². The SMILES string of the molecule is Cc1ccc2nc[c]n2n1.